The lowest BCUT2D eigenvalue weighted by atomic mass is 9.92. The van der Waals surface area contributed by atoms with Crippen LogP contribution in [0, 0.1) is 0 Å². The minimum absolute atomic E-state index is 0.721. The second-order valence-electron chi connectivity index (χ2n) is 12.5. The van der Waals surface area contributed by atoms with Crippen molar-refractivity contribution in [1.82, 2.24) is 9.97 Å². The monoisotopic (exact) mass is 672 g/mol. The predicted octanol–water partition coefficient (Wildman–Crippen LogP) is 13.5. The van der Waals surface area contributed by atoms with Gasteiger partial charge in [0, 0.05) is 57.0 Å². The predicted molar refractivity (Wildman–Crippen MR) is 215 cm³/mol. The fourth-order valence-electron chi connectivity index (χ4n) is 7.10. The van der Waals surface area contributed by atoms with E-state index in [4.69, 9.17) is 9.97 Å². The molecule has 0 N–H and O–H groups in total. The quantitative estimate of drug-likeness (QED) is 0.182. The second-order valence-corrected chi connectivity index (χ2v) is 14.7. The fraction of sp³-hybridized carbons (Fsp3) is 0. The van der Waals surface area contributed by atoms with Crippen molar-refractivity contribution >= 4 is 63.0 Å². The van der Waals surface area contributed by atoms with Crippen LogP contribution < -0.4 is 0 Å². The molecule has 4 heteroatoms. The molecule has 0 atom stereocenters. The summed E-state index contributed by atoms with van der Waals surface area (Å²) in [7, 11) is 0. The van der Waals surface area contributed by atoms with Gasteiger partial charge in [-0.25, -0.2) is 9.97 Å². The largest absolute Gasteiger partial charge is 0.228 e. The Kier molecular flexibility index (Phi) is 6.90. The van der Waals surface area contributed by atoms with Gasteiger partial charge in [0.25, 0.3) is 0 Å². The van der Waals surface area contributed by atoms with E-state index in [9.17, 15) is 0 Å². The van der Waals surface area contributed by atoms with Gasteiger partial charge in [-0.1, -0.05) is 127 Å². The molecule has 0 amide bonds. The van der Waals surface area contributed by atoms with Crippen LogP contribution in [-0.2, 0) is 0 Å². The first-order valence-electron chi connectivity index (χ1n) is 16.7. The molecule has 0 aliphatic carbocycles. The van der Waals surface area contributed by atoms with E-state index in [1.807, 2.05) is 22.7 Å². The highest BCUT2D eigenvalue weighted by Crippen LogP contribution is 2.42. The number of fused-ring (bicyclic) bond motifs is 6. The van der Waals surface area contributed by atoms with Crippen LogP contribution in [0.4, 0.5) is 0 Å². The summed E-state index contributed by atoms with van der Waals surface area (Å²) >= 11 is 3.66. The van der Waals surface area contributed by atoms with Gasteiger partial charge in [-0.3, -0.25) is 0 Å². The molecule has 0 radical (unpaired) electrons. The van der Waals surface area contributed by atoms with Gasteiger partial charge in [0.1, 0.15) is 0 Å². The number of rotatable bonds is 5. The molecular formula is C46H28N2S2. The number of benzene rings is 7. The summed E-state index contributed by atoms with van der Waals surface area (Å²) in [4.78, 5) is 10.7. The van der Waals surface area contributed by atoms with E-state index < -0.39 is 0 Å². The van der Waals surface area contributed by atoms with Crippen molar-refractivity contribution in [2.24, 2.45) is 0 Å². The summed E-state index contributed by atoms with van der Waals surface area (Å²) in [5.41, 5.74) is 9.68. The Morgan fingerprint density at radius 1 is 0.320 bits per heavy atom. The fourth-order valence-corrected chi connectivity index (χ4v) is 9.41. The van der Waals surface area contributed by atoms with E-state index in [-0.39, 0.29) is 0 Å². The van der Waals surface area contributed by atoms with Crippen LogP contribution in [0.2, 0.25) is 0 Å². The minimum Gasteiger partial charge on any atom is -0.228 e. The molecule has 3 heterocycles. The van der Waals surface area contributed by atoms with Gasteiger partial charge < -0.3 is 0 Å². The van der Waals surface area contributed by atoms with Crippen LogP contribution in [0.25, 0.3) is 96.5 Å². The zero-order chi connectivity index (χ0) is 33.0. The van der Waals surface area contributed by atoms with Crippen LogP contribution in [0.3, 0.4) is 0 Å². The van der Waals surface area contributed by atoms with Crippen molar-refractivity contribution in [2.75, 3.05) is 0 Å². The molecule has 50 heavy (non-hydrogen) atoms. The summed E-state index contributed by atoms with van der Waals surface area (Å²) in [5, 5.41) is 5.04. The van der Waals surface area contributed by atoms with E-state index in [0.29, 0.717) is 0 Å². The van der Waals surface area contributed by atoms with Gasteiger partial charge in [-0.05, 0) is 64.7 Å². The van der Waals surface area contributed by atoms with Gasteiger partial charge in [0.2, 0.25) is 0 Å². The third kappa shape index (κ3) is 4.92. The highest BCUT2D eigenvalue weighted by molar-refractivity contribution is 7.26. The number of thiophene rings is 2. The molecule has 0 saturated heterocycles. The molecule has 0 unspecified atom stereocenters. The van der Waals surface area contributed by atoms with Crippen molar-refractivity contribution in [2.45, 2.75) is 0 Å². The smallest absolute Gasteiger partial charge is 0.160 e. The van der Waals surface area contributed by atoms with Crippen molar-refractivity contribution in [3.8, 4) is 56.2 Å². The molecule has 10 aromatic rings. The maximum atomic E-state index is 5.38. The molecule has 10 rings (SSSR count). The van der Waals surface area contributed by atoms with Crippen LogP contribution in [0.1, 0.15) is 0 Å². The number of nitrogens with zero attached hydrogens (tertiary/aromatic N) is 2. The summed E-state index contributed by atoms with van der Waals surface area (Å²) in [5.74, 6) is 0.721. The Bertz CT molecular complexity index is 2870. The van der Waals surface area contributed by atoms with Gasteiger partial charge in [0.05, 0.1) is 11.4 Å². The topological polar surface area (TPSA) is 25.8 Å². The normalized spacial score (nSPS) is 11.6. The molecule has 0 saturated carbocycles. The van der Waals surface area contributed by atoms with Crippen molar-refractivity contribution in [1.29, 1.82) is 0 Å². The average molecular weight is 673 g/mol. The minimum atomic E-state index is 0.721. The molecule has 0 spiro atoms. The average Bonchev–Trinajstić information content (AvgIpc) is 3.76. The molecular weight excluding hydrogens is 645 g/mol. The lowest BCUT2D eigenvalue weighted by Gasteiger charge is -2.15. The standard InChI is InChI=1S/C46H28N2S2/c1-3-12-29(13-4-1)31-22-24-33(38(26-31)30-14-5-2-6-15-30)40-28-41(37-19-11-18-36-34-16-7-10-21-43(34)50-45(36)37)48-46(47-40)32-23-25-44-39(27-32)35-17-8-9-20-42(35)49-44/h1-28H. The van der Waals surface area contributed by atoms with Gasteiger partial charge in [-0.2, -0.15) is 0 Å². The van der Waals surface area contributed by atoms with Gasteiger partial charge >= 0.3 is 0 Å². The molecule has 7 aromatic carbocycles. The number of hydrogen-bond donors (Lipinski definition) is 0. The van der Waals surface area contributed by atoms with E-state index in [1.165, 1.54) is 51.5 Å². The van der Waals surface area contributed by atoms with Gasteiger partial charge in [-0.15, -0.1) is 22.7 Å². The number of hydrogen-bond acceptors (Lipinski definition) is 4. The van der Waals surface area contributed by atoms with Crippen molar-refractivity contribution in [3.63, 3.8) is 0 Å². The maximum absolute atomic E-state index is 5.38. The first kappa shape index (κ1) is 29.0. The van der Waals surface area contributed by atoms with Crippen LogP contribution in [-0.4, -0.2) is 9.97 Å². The van der Waals surface area contributed by atoms with E-state index in [2.05, 4.69) is 170 Å². The zero-order valence-corrected chi connectivity index (χ0v) is 28.5. The SMILES string of the molecule is c1ccc(-c2ccc(-c3cc(-c4cccc5c4sc4ccccc45)nc(-c4ccc5sc6ccccc6c5c4)n3)c(-c3ccccc3)c2)cc1. The lowest BCUT2D eigenvalue weighted by Crippen LogP contribution is -1.97. The molecule has 0 fully saturated rings. The highest BCUT2D eigenvalue weighted by atomic mass is 32.1. The zero-order valence-electron chi connectivity index (χ0n) is 26.9. The Labute approximate surface area is 297 Å². The first-order valence-corrected chi connectivity index (χ1v) is 18.4. The summed E-state index contributed by atoms with van der Waals surface area (Å²) in [6.07, 6.45) is 0. The van der Waals surface area contributed by atoms with E-state index >= 15 is 0 Å². The first-order chi connectivity index (χ1) is 24.8. The van der Waals surface area contributed by atoms with Crippen molar-refractivity contribution < 1.29 is 0 Å². The Morgan fingerprint density at radius 2 is 0.920 bits per heavy atom. The highest BCUT2D eigenvalue weighted by Gasteiger charge is 2.18. The third-order valence-electron chi connectivity index (χ3n) is 9.53. The Balaban J connectivity index is 1.24. The Morgan fingerprint density at radius 3 is 1.70 bits per heavy atom. The molecule has 3 aromatic heterocycles. The van der Waals surface area contributed by atoms with Crippen LogP contribution >= 0.6 is 22.7 Å². The third-order valence-corrected chi connectivity index (χ3v) is 11.9. The molecule has 0 aliphatic rings. The van der Waals surface area contributed by atoms with Crippen molar-refractivity contribution in [3.05, 3.63) is 170 Å². The Hall–Kier alpha value is -5.94. The maximum Gasteiger partial charge on any atom is 0.160 e. The van der Waals surface area contributed by atoms with Crippen LogP contribution in [0.5, 0.6) is 0 Å². The van der Waals surface area contributed by atoms with Gasteiger partial charge in [0.15, 0.2) is 5.82 Å². The summed E-state index contributed by atoms with van der Waals surface area (Å²) in [6.45, 7) is 0. The van der Waals surface area contributed by atoms with E-state index in [0.717, 1.165) is 45.0 Å². The summed E-state index contributed by atoms with van der Waals surface area (Å²) < 4.78 is 5.08. The molecule has 2 nitrogen and oxygen atoms in total. The second kappa shape index (κ2) is 11.9. The van der Waals surface area contributed by atoms with Crippen LogP contribution in [0.15, 0.2) is 170 Å². The molecule has 0 aliphatic heterocycles. The molecule has 0 bridgehead atoms. The summed E-state index contributed by atoms with van der Waals surface area (Å²) in [6, 6.07) is 60.7. The lowest BCUT2D eigenvalue weighted by molar-refractivity contribution is 1.19. The molecule has 234 valence electrons. The van der Waals surface area contributed by atoms with E-state index in [1.54, 1.807) is 0 Å². The number of aromatic nitrogens is 2.